The van der Waals surface area contributed by atoms with Gasteiger partial charge in [0, 0.05) is 28.5 Å². The second kappa shape index (κ2) is 5.63. The van der Waals surface area contributed by atoms with Crippen LogP contribution in [0.4, 0.5) is 0 Å². The molecule has 1 atom stereocenters. The first-order valence-corrected chi connectivity index (χ1v) is 8.97. The summed E-state index contributed by atoms with van der Waals surface area (Å²) in [5.74, 6) is 0. The molecule has 0 aliphatic carbocycles. The Morgan fingerprint density at radius 2 is 1.96 bits per heavy atom. The van der Waals surface area contributed by atoms with Gasteiger partial charge in [0.15, 0.2) is 6.19 Å². The topological polar surface area (TPSA) is 71.5 Å². The van der Waals surface area contributed by atoms with Crippen LogP contribution in [0.15, 0.2) is 42.5 Å². The fourth-order valence-corrected chi connectivity index (χ4v) is 4.06. The van der Waals surface area contributed by atoms with Gasteiger partial charge in [-0.3, -0.25) is 5.10 Å². The van der Waals surface area contributed by atoms with Crippen molar-refractivity contribution in [1.29, 1.82) is 5.26 Å². The van der Waals surface area contributed by atoms with E-state index in [9.17, 15) is 5.26 Å². The lowest BCUT2D eigenvalue weighted by Crippen LogP contribution is -2.17. The summed E-state index contributed by atoms with van der Waals surface area (Å²) in [6.45, 7) is 2.87. The van der Waals surface area contributed by atoms with Crippen molar-refractivity contribution >= 4 is 21.8 Å². The number of hydrogen-bond donors (Lipinski definition) is 2. The van der Waals surface area contributed by atoms with Crippen LogP contribution >= 0.6 is 0 Å². The van der Waals surface area contributed by atoms with Crippen LogP contribution in [0, 0.1) is 18.4 Å². The van der Waals surface area contributed by atoms with Crippen molar-refractivity contribution in [2.45, 2.75) is 25.8 Å². The van der Waals surface area contributed by atoms with Gasteiger partial charge in [-0.05, 0) is 55.2 Å². The summed E-state index contributed by atoms with van der Waals surface area (Å²) >= 11 is 0. The number of aromatic amines is 2. The number of nitriles is 1. The molecule has 26 heavy (non-hydrogen) atoms. The molecular formula is C21H19N5. The number of benzene rings is 2. The maximum Gasteiger partial charge on any atom is 0.179 e. The predicted molar refractivity (Wildman–Crippen MR) is 102 cm³/mol. The highest BCUT2D eigenvalue weighted by molar-refractivity contribution is 5.90. The van der Waals surface area contributed by atoms with Gasteiger partial charge in [0.05, 0.1) is 17.3 Å². The zero-order valence-corrected chi connectivity index (χ0v) is 14.6. The highest BCUT2D eigenvalue weighted by atomic mass is 15.2. The Hall–Kier alpha value is -3.26. The average Bonchev–Trinajstić information content (AvgIpc) is 3.38. The van der Waals surface area contributed by atoms with Crippen molar-refractivity contribution in [2.24, 2.45) is 0 Å². The molecule has 0 saturated carbocycles. The van der Waals surface area contributed by atoms with E-state index in [2.05, 4.69) is 63.8 Å². The minimum Gasteiger partial charge on any atom is -0.357 e. The third-order valence-corrected chi connectivity index (χ3v) is 5.47. The average molecular weight is 341 g/mol. The number of rotatable bonds is 2. The van der Waals surface area contributed by atoms with Crippen molar-refractivity contribution in [3.63, 3.8) is 0 Å². The number of nitrogens with zero attached hydrogens (tertiary/aromatic N) is 3. The van der Waals surface area contributed by atoms with Crippen LogP contribution in [-0.4, -0.2) is 26.6 Å². The fraction of sp³-hybridized carbons (Fsp3) is 0.238. The number of likely N-dealkylation sites (tertiary alicyclic amines) is 1. The lowest BCUT2D eigenvalue weighted by Gasteiger charge is -2.16. The molecule has 1 aliphatic heterocycles. The van der Waals surface area contributed by atoms with Gasteiger partial charge in [0.1, 0.15) is 0 Å². The minimum absolute atomic E-state index is 0.181. The first-order valence-electron chi connectivity index (χ1n) is 8.97. The van der Waals surface area contributed by atoms with Crippen molar-refractivity contribution in [2.75, 3.05) is 6.54 Å². The van der Waals surface area contributed by atoms with E-state index < -0.39 is 0 Å². The molecule has 1 aliphatic rings. The third kappa shape index (κ3) is 2.26. The van der Waals surface area contributed by atoms with Gasteiger partial charge in [-0.25, -0.2) is 0 Å². The molecule has 0 bridgehead atoms. The van der Waals surface area contributed by atoms with E-state index in [1.165, 1.54) is 16.5 Å². The quantitative estimate of drug-likeness (QED) is 0.522. The van der Waals surface area contributed by atoms with E-state index in [1.807, 2.05) is 11.8 Å². The van der Waals surface area contributed by atoms with Crippen LogP contribution in [0.5, 0.6) is 0 Å². The Morgan fingerprint density at radius 1 is 1.12 bits per heavy atom. The highest BCUT2D eigenvalue weighted by Gasteiger charge is 2.26. The molecule has 0 amide bonds. The van der Waals surface area contributed by atoms with E-state index in [0.717, 1.165) is 47.2 Å². The molecule has 5 heteroatoms. The van der Waals surface area contributed by atoms with Crippen molar-refractivity contribution in [1.82, 2.24) is 20.1 Å². The van der Waals surface area contributed by atoms with E-state index in [1.54, 1.807) is 0 Å². The monoisotopic (exact) mass is 341 g/mol. The Balaban J connectivity index is 1.55. The molecular weight excluding hydrogens is 322 g/mol. The van der Waals surface area contributed by atoms with Crippen molar-refractivity contribution in [3.05, 3.63) is 53.9 Å². The number of H-pyrrole nitrogens is 2. The molecule has 2 N–H and O–H groups in total. The first-order chi connectivity index (χ1) is 12.7. The summed E-state index contributed by atoms with van der Waals surface area (Å²) in [7, 11) is 0. The van der Waals surface area contributed by atoms with E-state index in [0.29, 0.717) is 0 Å². The van der Waals surface area contributed by atoms with Crippen LogP contribution in [0.1, 0.15) is 30.3 Å². The van der Waals surface area contributed by atoms with Crippen LogP contribution in [0.2, 0.25) is 0 Å². The smallest absolute Gasteiger partial charge is 0.179 e. The largest absolute Gasteiger partial charge is 0.357 e. The molecule has 1 fully saturated rings. The first kappa shape index (κ1) is 15.0. The van der Waals surface area contributed by atoms with E-state index >= 15 is 0 Å². The summed E-state index contributed by atoms with van der Waals surface area (Å²) in [5.41, 5.74) is 6.69. The predicted octanol–water partition coefficient (Wildman–Crippen LogP) is 4.64. The number of hydrogen-bond acceptors (Lipinski definition) is 3. The highest BCUT2D eigenvalue weighted by Crippen LogP contribution is 2.34. The molecule has 0 unspecified atom stereocenters. The van der Waals surface area contributed by atoms with Gasteiger partial charge < -0.3 is 9.88 Å². The summed E-state index contributed by atoms with van der Waals surface area (Å²) in [4.78, 5) is 5.38. The second-order valence-corrected chi connectivity index (χ2v) is 7.05. The molecule has 0 radical (unpaired) electrons. The molecule has 2 aromatic carbocycles. The normalized spacial score (nSPS) is 17.2. The van der Waals surface area contributed by atoms with Crippen LogP contribution in [-0.2, 0) is 0 Å². The van der Waals surface area contributed by atoms with Gasteiger partial charge >= 0.3 is 0 Å². The second-order valence-electron chi connectivity index (χ2n) is 7.05. The number of aryl methyl sites for hydroxylation is 1. The molecule has 0 spiro atoms. The van der Waals surface area contributed by atoms with Gasteiger partial charge in [0.25, 0.3) is 0 Å². The molecule has 1 saturated heterocycles. The van der Waals surface area contributed by atoms with Gasteiger partial charge in [-0.15, -0.1) is 0 Å². The Bertz CT molecular complexity index is 1160. The van der Waals surface area contributed by atoms with Crippen LogP contribution in [0.25, 0.3) is 32.9 Å². The van der Waals surface area contributed by atoms with Crippen LogP contribution < -0.4 is 0 Å². The molecule has 4 aromatic rings. The lowest BCUT2D eigenvalue weighted by atomic mass is 10.0. The zero-order chi connectivity index (χ0) is 17.7. The van der Waals surface area contributed by atoms with E-state index in [-0.39, 0.29) is 6.04 Å². The summed E-state index contributed by atoms with van der Waals surface area (Å²) in [5, 5.41) is 19.0. The number of fused-ring (bicyclic) bond motifs is 2. The lowest BCUT2D eigenvalue weighted by molar-refractivity contribution is 0.369. The molecule has 2 aromatic heterocycles. The maximum absolute atomic E-state index is 9.31. The van der Waals surface area contributed by atoms with Crippen molar-refractivity contribution < 1.29 is 0 Å². The molecule has 128 valence electrons. The zero-order valence-electron chi connectivity index (χ0n) is 14.6. The summed E-state index contributed by atoms with van der Waals surface area (Å²) in [6, 6.07) is 15.3. The third-order valence-electron chi connectivity index (χ3n) is 5.47. The van der Waals surface area contributed by atoms with E-state index in [4.69, 9.17) is 0 Å². The number of aromatic nitrogens is 3. The molecule has 5 nitrogen and oxygen atoms in total. The number of nitrogens with one attached hydrogen (secondary N) is 2. The van der Waals surface area contributed by atoms with Gasteiger partial charge in [-0.1, -0.05) is 18.2 Å². The summed E-state index contributed by atoms with van der Waals surface area (Å²) < 4.78 is 0. The van der Waals surface area contributed by atoms with Gasteiger partial charge in [-0.2, -0.15) is 10.4 Å². The fourth-order valence-electron chi connectivity index (χ4n) is 4.06. The van der Waals surface area contributed by atoms with Gasteiger partial charge in [0.2, 0.25) is 0 Å². The Kier molecular flexibility index (Phi) is 3.26. The SMILES string of the molecule is Cc1n[nH]c2cc(-c3ccc4[nH]c([C@@H]5CCCN5C#N)cc4c3)ccc12. The Labute approximate surface area is 151 Å². The minimum atomic E-state index is 0.181. The molecule has 3 heterocycles. The summed E-state index contributed by atoms with van der Waals surface area (Å²) in [6.07, 6.45) is 4.42. The Morgan fingerprint density at radius 3 is 2.85 bits per heavy atom. The maximum atomic E-state index is 9.31. The van der Waals surface area contributed by atoms with Crippen LogP contribution in [0.3, 0.4) is 0 Å². The molecule has 5 rings (SSSR count). The standard InChI is InChI=1S/C21H19N5/c1-13-17-6-4-15(10-19(17)25-24-13)14-5-7-18-16(9-14)11-20(23-18)21-3-2-8-26(21)12-22/h4-7,9-11,21,23H,2-3,8H2,1H3,(H,24,25)/t21-/m0/s1. The van der Waals surface area contributed by atoms with Crippen molar-refractivity contribution in [3.8, 4) is 17.3 Å².